The number of ether oxygens (including phenoxy) is 1. The molecule has 0 aliphatic carbocycles. The second-order valence-electron chi connectivity index (χ2n) is 5.41. The van der Waals surface area contributed by atoms with E-state index in [0.29, 0.717) is 16.9 Å². The molecule has 2 aromatic carbocycles. The predicted octanol–water partition coefficient (Wildman–Crippen LogP) is 4.12. The van der Waals surface area contributed by atoms with Crippen LogP contribution < -0.4 is 4.74 Å². The third-order valence-electron chi connectivity index (χ3n) is 3.44. The van der Waals surface area contributed by atoms with E-state index in [1.54, 1.807) is 12.1 Å². The summed E-state index contributed by atoms with van der Waals surface area (Å²) in [5.41, 5.74) is 1.25. The highest BCUT2D eigenvalue weighted by Gasteiger charge is 2.06. The molecule has 0 aromatic heterocycles. The maximum Gasteiger partial charge on any atom is 0.163 e. The van der Waals surface area contributed by atoms with Crippen molar-refractivity contribution in [2.75, 3.05) is 7.11 Å². The highest BCUT2D eigenvalue weighted by atomic mass is 79.9. The van der Waals surface area contributed by atoms with E-state index in [0.717, 1.165) is 4.47 Å². The van der Waals surface area contributed by atoms with E-state index in [1.165, 1.54) is 55.7 Å². The number of hydrogen-bond donors (Lipinski definition) is 2. The summed E-state index contributed by atoms with van der Waals surface area (Å²) in [6.07, 6.45) is 5.39. The molecule has 0 saturated heterocycles. The molecule has 0 aliphatic heterocycles. The van der Waals surface area contributed by atoms with Crippen LogP contribution in [0.5, 0.6) is 17.2 Å². The van der Waals surface area contributed by atoms with Gasteiger partial charge in [0.15, 0.2) is 11.6 Å². The summed E-state index contributed by atoms with van der Waals surface area (Å²) in [4.78, 5) is 23.9. The smallest absolute Gasteiger partial charge is 0.163 e. The average molecular weight is 417 g/mol. The van der Waals surface area contributed by atoms with Crippen LogP contribution >= 0.6 is 15.9 Å². The van der Waals surface area contributed by atoms with Crippen LogP contribution in [0.15, 0.2) is 53.0 Å². The van der Waals surface area contributed by atoms with Gasteiger partial charge in [-0.05, 0) is 54.1 Å². The Morgan fingerprint density at radius 2 is 1.54 bits per heavy atom. The molecule has 0 fully saturated rings. The molecule has 0 aliphatic rings. The van der Waals surface area contributed by atoms with E-state index in [2.05, 4.69) is 15.9 Å². The van der Waals surface area contributed by atoms with Gasteiger partial charge in [0.05, 0.1) is 13.5 Å². The van der Waals surface area contributed by atoms with Gasteiger partial charge >= 0.3 is 0 Å². The molecule has 2 rings (SSSR count). The highest BCUT2D eigenvalue weighted by molar-refractivity contribution is 9.10. The van der Waals surface area contributed by atoms with Crippen LogP contribution in [-0.2, 0) is 9.59 Å². The first-order valence-electron chi connectivity index (χ1n) is 7.66. The quantitative estimate of drug-likeness (QED) is 0.523. The lowest BCUT2D eigenvalue weighted by Gasteiger charge is -2.04. The molecule has 26 heavy (non-hydrogen) atoms. The molecule has 0 atom stereocenters. The van der Waals surface area contributed by atoms with Crippen molar-refractivity contribution >= 4 is 39.6 Å². The summed E-state index contributed by atoms with van der Waals surface area (Å²) in [6.45, 7) is 0. The van der Waals surface area contributed by atoms with Gasteiger partial charge in [0, 0.05) is 16.1 Å². The number of aromatic hydroxyl groups is 2. The van der Waals surface area contributed by atoms with Crippen molar-refractivity contribution in [2.24, 2.45) is 0 Å². The van der Waals surface area contributed by atoms with Crippen LogP contribution in [0.1, 0.15) is 17.5 Å². The molecule has 0 bridgehead atoms. The summed E-state index contributed by atoms with van der Waals surface area (Å²) in [7, 11) is 1.46. The van der Waals surface area contributed by atoms with E-state index in [4.69, 9.17) is 4.74 Å². The first-order chi connectivity index (χ1) is 12.4. The number of allylic oxidation sites excluding steroid dienone is 2. The fourth-order valence-electron chi connectivity index (χ4n) is 2.15. The maximum atomic E-state index is 11.9. The monoisotopic (exact) mass is 416 g/mol. The van der Waals surface area contributed by atoms with Crippen molar-refractivity contribution in [1.29, 1.82) is 0 Å². The Balaban J connectivity index is 2.00. The van der Waals surface area contributed by atoms with E-state index in [1.807, 2.05) is 0 Å². The van der Waals surface area contributed by atoms with Crippen LogP contribution in [-0.4, -0.2) is 28.9 Å². The van der Waals surface area contributed by atoms with Crippen LogP contribution in [0.4, 0.5) is 0 Å². The van der Waals surface area contributed by atoms with Gasteiger partial charge in [0.1, 0.15) is 17.2 Å². The minimum atomic E-state index is -0.357. The van der Waals surface area contributed by atoms with Crippen molar-refractivity contribution in [2.45, 2.75) is 6.42 Å². The summed E-state index contributed by atoms with van der Waals surface area (Å²) in [5, 5.41) is 18.9. The third-order valence-corrected chi connectivity index (χ3v) is 4.16. The highest BCUT2D eigenvalue weighted by Crippen LogP contribution is 2.25. The lowest BCUT2D eigenvalue weighted by molar-refractivity contribution is -0.121. The van der Waals surface area contributed by atoms with E-state index in [9.17, 15) is 19.8 Å². The molecule has 6 heteroatoms. The fourth-order valence-corrected chi connectivity index (χ4v) is 2.53. The predicted molar refractivity (Wildman–Crippen MR) is 103 cm³/mol. The largest absolute Gasteiger partial charge is 0.508 e. The number of methoxy groups -OCH3 is 1. The Bertz CT molecular complexity index is 884. The molecule has 0 heterocycles. The molecule has 0 saturated carbocycles. The maximum absolute atomic E-state index is 11.9. The van der Waals surface area contributed by atoms with Crippen molar-refractivity contribution in [3.8, 4) is 17.2 Å². The van der Waals surface area contributed by atoms with Crippen molar-refractivity contribution < 1.29 is 24.5 Å². The third kappa shape index (κ3) is 5.60. The molecule has 0 unspecified atom stereocenters. The first-order valence-corrected chi connectivity index (χ1v) is 8.45. The number of rotatable bonds is 7. The van der Waals surface area contributed by atoms with Crippen LogP contribution in [0, 0.1) is 0 Å². The Hall–Kier alpha value is -2.86. The van der Waals surface area contributed by atoms with Crippen molar-refractivity contribution in [3.63, 3.8) is 0 Å². The summed E-state index contributed by atoms with van der Waals surface area (Å²) in [6, 6.07) is 9.22. The molecule has 134 valence electrons. The number of carbonyl (C=O) groups excluding carboxylic acids is 2. The number of phenols is 2. The average Bonchev–Trinajstić information content (AvgIpc) is 2.61. The van der Waals surface area contributed by atoms with Gasteiger partial charge in [-0.1, -0.05) is 22.0 Å². The second-order valence-corrected chi connectivity index (χ2v) is 6.26. The zero-order valence-corrected chi connectivity index (χ0v) is 15.6. The van der Waals surface area contributed by atoms with Gasteiger partial charge in [-0.25, -0.2) is 0 Å². The molecule has 0 spiro atoms. The molecule has 2 aromatic rings. The van der Waals surface area contributed by atoms with E-state index < -0.39 is 0 Å². The molecular formula is C20H17BrO5. The lowest BCUT2D eigenvalue weighted by Crippen LogP contribution is -2.02. The molecule has 0 amide bonds. The van der Waals surface area contributed by atoms with Gasteiger partial charge in [-0.2, -0.15) is 0 Å². The Kier molecular flexibility index (Phi) is 6.74. The standard InChI is InChI=1S/C20H17BrO5/c1-26-20-12-18(25)6-3-13(20)2-5-16(23)11-17(24)7-4-14-10-15(22)8-9-19(14)21/h2-10,12,22,25H,11H2,1H3/b5-2+,7-4+. The van der Waals surface area contributed by atoms with Crippen LogP contribution in [0.3, 0.4) is 0 Å². The minimum absolute atomic E-state index is 0.0590. The van der Waals surface area contributed by atoms with Gasteiger partial charge in [-0.3, -0.25) is 9.59 Å². The van der Waals surface area contributed by atoms with Gasteiger partial charge in [-0.15, -0.1) is 0 Å². The number of halogens is 1. The fraction of sp³-hybridized carbons (Fsp3) is 0.100. The van der Waals surface area contributed by atoms with Crippen molar-refractivity contribution in [3.05, 3.63) is 64.1 Å². The number of ketones is 2. The zero-order chi connectivity index (χ0) is 19.1. The van der Waals surface area contributed by atoms with E-state index in [-0.39, 0.29) is 29.5 Å². The zero-order valence-electron chi connectivity index (χ0n) is 14.0. The van der Waals surface area contributed by atoms with Gasteiger partial charge in [0.2, 0.25) is 0 Å². The SMILES string of the molecule is COc1cc(O)ccc1/C=C/C(=O)CC(=O)/C=C/c1cc(O)ccc1Br. The van der Waals surface area contributed by atoms with Crippen molar-refractivity contribution in [1.82, 2.24) is 0 Å². The molecular weight excluding hydrogens is 400 g/mol. The Morgan fingerprint density at radius 1 is 0.962 bits per heavy atom. The molecule has 2 N–H and O–H groups in total. The summed E-state index contributed by atoms with van der Waals surface area (Å²) < 4.78 is 5.85. The topological polar surface area (TPSA) is 83.8 Å². The Labute approximate surface area is 159 Å². The molecule has 0 radical (unpaired) electrons. The van der Waals surface area contributed by atoms with Gasteiger partial charge in [0.25, 0.3) is 0 Å². The van der Waals surface area contributed by atoms with Gasteiger partial charge < -0.3 is 14.9 Å². The normalized spacial score (nSPS) is 11.2. The number of carbonyl (C=O) groups is 2. The lowest BCUT2D eigenvalue weighted by atomic mass is 10.1. The first kappa shape index (κ1) is 19.5. The minimum Gasteiger partial charge on any atom is -0.508 e. The summed E-state index contributed by atoms with van der Waals surface area (Å²) >= 11 is 3.32. The van der Waals surface area contributed by atoms with E-state index >= 15 is 0 Å². The Morgan fingerprint density at radius 3 is 2.19 bits per heavy atom. The number of benzene rings is 2. The van der Waals surface area contributed by atoms with Crippen LogP contribution in [0.2, 0.25) is 0 Å². The second kappa shape index (κ2) is 9.01. The van der Waals surface area contributed by atoms with Crippen LogP contribution in [0.25, 0.3) is 12.2 Å². The molecule has 5 nitrogen and oxygen atoms in total. The number of phenolic OH excluding ortho intramolecular Hbond substituents is 2. The number of hydrogen-bond acceptors (Lipinski definition) is 5. The summed E-state index contributed by atoms with van der Waals surface area (Å²) in [5.74, 6) is -0.141.